The lowest BCUT2D eigenvalue weighted by Gasteiger charge is -2.12. The lowest BCUT2D eigenvalue weighted by Crippen LogP contribution is -2.41. The first-order chi connectivity index (χ1) is 13.9. The van der Waals surface area contributed by atoms with Crippen molar-refractivity contribution in [2.45, 2.75) is 6.92 Å². The molecule has 0 bridgehead atoms. The maximum atomic E-state index is 12.5. The Morgan fingerprint density at radius 1 is 0.690 bits per heavy atom. The fourth-order valence-electron chi connectivity index (χ4n) is 2.54. The van der Waals surface area contributed by atoms with Crippen molar-refractivity contribution in [3.05, 3.63) is 99.5 Å². The molecule has 7 heteroatoms. The van der Waals surface area contributed by atoms with Crippen LogP contribution in [0.3, 0.4) is 0 Å². The number of carbonyl (C=O) groups excluding carboxylic acids is 3. The van der Waals surface area contributed by atoms with Crippen molar-refractivity contribution in [1.29, 1.82) is 0 Å². The van der Waals surface area contributed by atoms with Crippen LogP contribution in [0.25, 0.3) is 0 Å². The predicted octanol–water partition coefficient (Wildman–Crippen LogP) is 4.08. The minimum atomic E-state index is -0.544. The van der Waals surface area contributed by atoms with Gasteiger partial charge in [-0.15, -0.1) is 0 Å². The Labute approximate surface area is 176 Å². The third-order valence-corrected chi connectivity index (χ3v) is 4.66. The van der Waals surface area contributed by atoms with Gasteiger partial charge >= 0.3 is 0 Å². The van der Waals surface area contributed by atoms with E-state index in [9.17, 15) is 14.4 Å². The number of hydrazine groups is 1. The summed E-state index contributed by atoms with van der Waals surface area (Å²) >= 11 is 3.32. The van der Waals surface area contributed by atoms with E-state index in [1.54, 1.807) is 60.7 Å². The molecule has 0 saturated carbocycles. The molecule has 0 aliphatic rings. The van der Waals surface area contributed by atoms with Crippen LogP contribution in [0, 0.1) is 6.92 Å². The molecule has 3 aromatic carbocycles. The van der Waals surface area contributed by atoms with Crippen LogP contribution in [-0.4, -0.2) is 17.7 Å². The molecule has 3 amide bonds. The summed E-state index contributed by atoms with van der Waals surface area (Å²) in [5.74, 6) is -1.33. The zero-order valence-corrected chi connectivity index (χ0v) is 17.1. The number of carbonyl (C=O) groups is 3. The molecule has 0 aliphatic carbocycles. The minimum Gasteiger partial charge on any atom is -0.321 e. The van der Waals surface area contributed by atoms with E-state index in [4.69, 9.17) is 0 Å². The Kier molecular flexibility index (Phi) is 6.41. The fraction of sp³-hybridized carbons (Fsp3) is 0.0455. The van der Waals surface area contributed by atoms with Gasteiger partial charge in [0.05, 0.1) is 11.3 Å². The molecule has 3 N–H and O–H groups in total. The summed E-state index contributed by atoms with van der Waals surface area (Å²) in [7, 11) is 0. The number of hydrogen-bond acceptors (Lipinski definition) is 3. The van der Waals surface area contributed by atoms with Crippen LogP contribution in [0.15, 0.2) is 77.3 Å². The third kappa shape index (κ3) is 5.30. The standard InChI is InChI=1S/C22H18BrN3O3/c1-14-6-8-16(9-7-14)21(28)25-26-22(29)18-4-2-3-5-19(18)24-20(27)15-10-12-17(23)13-11-15/h2-13H,1H3,(H,24,27)(H,25,28)(H,26,29). The van der Waals surface area contributed by atoms with E-state index in [2.05, 4.69) is 32.1 Å². The van der Waals surface area contributed by atoms with Gasteiger partial charge in [-0.1, -0.05) is 45.8 Å². The highest BCUT2D eigenvalue weighted by Crippen LogP contribution is 2.17. The number of benzene rings is 3. The molecule has 0 saturated heterocycles. The van der Waals surface area contributed by atoms with Crippen LogP contribution < -0.4 is 16.2 Å². The van der Waals surface area contributed by atoms with Gasteiger partial charge in [0.25, 0.3) is 17.7 Å². The van der Waals surface area contributed by atoms with Gasteiger partial charge in [0.1, 0.15) is 0 Å². The molecule has 3 aromatic rings. The first-order valence-electron chi connectivity index (χ1n) is 8.77. The number of amides is 3. The van der Waals surface area contributed by atoms with Gasteiger partial charge in [-0.25, -0.2) is 0 Å². The second-order valence-electron chi connectivity index (χ2n) is 6.28. The molecule has 0 radical (unpaired) electrons. The second-order valence-corrected chi connectivity index (χ2v) is 7.20. The van der Waals surface area contributed by atoms with Crippen LogP contribution in [-0.2, 0) is 0 Å². The molecule has 6 nitrogen and oxygen atoms in total. The third-order valence-electron chi connectivity index (χ3n) is 4.13. The first kappa shape index (κ1) is 20.3. The number of hydrogen-bond donors (Lipinski definition) is 3. The molecule has 0 aromatic heterocycles. The average Bonchev–Trinajstić information content (AvgIpc) is 2.73. The molecule has 146 valence electrons. The van der Waals surface area contributed by atoms with Crippen molar-refractivity contribution < 1.29 is 14.4 Å². The average molecular weight is 452 g/mol. The van der Waals surface area contributed by atoms with Crippen LogP contribution in [0.4, 0.5) is 5.69 Å². The molecule has 29 heavy (non-hydrogen) atoms. The lowest BCUT2D eigenvalue weighted by atomic mass is 10.1. The van der Waals surface area contributed by atoms with Gasteiger partial charge < -0.3 is 5.32 Å². The Hall–Kier alpha value is -3.45. The molecular formula is C22H18BrN3O3. The van der Waals surface area contributed by atoms with Gasteiger partial charge in [0.2, 0.25) is 0 Å². The molecule has 0 unspecified atom stereocenters. The Balaban J connectivity index is 1.68. The van der Waals surface area contributed by atoms with Crippen LogP contribution >= 0.6 is 15.9 Å². The summed E-state index contributed by atoms with van der Waals surface area (Å²) in [6.45, 7) is 1.92. The van der Waals surface area contributed by atoms with Gasteiger partial charge in [-0.05, 0) is 55.5 Å². The highest BCUT2D eigenvalue weighted by molar-refractivity contribution is 9.10. The fourth-order valence-corrected chi connectivity index (χ4v) is 2.81. The Morgan fingerprint density at radius 3 is 1.93 bits per heavy atom. The number of nitrogens with one attached hydrogen (secondary N) is 3. The van der Waals surface area contributed by atoms with E-state index in [0.717, 1.165) is 10.0 Å². The molecule has 0 heterocycles. The minimum absolute atomic E-state index is 0.224. The topological polar surface area (TPSA) is 87.3 Å². The van der Waals surface area contributed by atoms with Crippen molar-refractivity contribution in [2.75, 3.05) is 5.32 Å². The zero-order chi connectivity index (χ0) is 20.8. The predicted molar refractivity (Wildman–Crippen MR) is 115 cm³/mol. The van der Waals surface area contributed by atoms with Crippen molar-refractivity contribution in [3.63, 3.8) is 0 Å². The monoisotopic (exact) mass is 451 g/mol. The van der Waals surface area contributed by atoms with Crippen molar-refractivity contribution in [1.82, 2.24) is 10.9 Å². The molecule has 0 spiro atoms. The normalized spacial score (nSPS) is 10.1. The first-order valence-corrected chi connectivity index (χ1v) is 9.56. The summed E-state index contributed by atoms with van der Waals surface area (Å²) in [6, 6.07) is 20.4. The van der Waals surface area contributed by atoms with E-state index in [-0.39, 0.29) is 11.5 Å². The maximum Gasteiger partial charge on any atom is 0.271 e. The van der Waals surface area contributed by atoms with Crippen molar-refractivity contribution in [2.24, 2.45) is 0 Å². The van der Waals surface area contributed by atoms with Crippen LogP contribution in [0.5, 0.6) is 0 Å². The highest BCUT2D eigenvalue weighted by atomic mass is 79.9. The van der Waals surface area contributed by atoms with E-state index < -0.39 is 11.8 Å². The summed E-state index contributed by atoms with van der Waals surface area (Å²) in [5.41, 5.74) is 7.22. The Morgan fingerprint density at radius 2 is 1.24 bits per heavy atom. The molecule has 3 rings (SSSR count). The summed E-state index contributed by atoms with van der Waals surface area (Å²) in [5, 5.41) is 2.72. The SMILES string of the molecule is Cc1ccc(C(=O)NNC(=O)c2ccccc2NC(=O)c2ccc(Br)cc2)cc1. The molecule has 0 aliphatic heterocycles. The Bertz CT molecular complexity index is 1050. The number of aryl methyl sites for hydroxylation is 1. The number of halogens is 1. The van der Waals surface area contributed by atoms with E-state index in [1.165, 1.54) is 0 Å². The van der Waals surface area contributed by atoms with E-state index in [0.29, 0.717) is 16.8 Å². The van der Waals surface area contributed by atoms with Crippen molar-refractivity contribution in [3.8, 4) is 0 Å². The maximum absolute atomic E-state index is 12.5. The number of para-hydroxylation sites is 1. The van der Waals surface area contributed by atoms with E-state index >= 15 is 0 Å². The van der Waals surface area contributed by atoms with Crippen LogP contribution in [0.2, 0.25) is 0 Å². The van der Waals surface area contributed by atoms with Gasteiger partial charge in [-0.3, -0.25) is 25.2 Å². The van der Waals surface area contributed by atoms with Gasteiger partial charge in [0, 0.05) is 15.6 Å². The van der Waals surface area contributed by atoms with Gasteiger partial charge in [-0.2, -0.15) is 0 Å². The van der Waals surface area contributed by atoms with E-state index in [1.807, 2.05) is 19.1 Å². The van der Waals surface area contributed by atoms with Crippen LogP contribution in [0.1, 0.15) is 36.6 Å². The van der Waals surface area contributed by atoms with Crippen molar-refractivity contribution >= 4 is 39.3 Å². The molecule has 0 atom stereocenters. The smallest absolute Gasteiger partial charge is 0.271 e. The quantitative estimate of drug-likeness (QED) is 0.522. The number of anilines is 1. The highest BCUT2D eigenvalue weighted by Gasteiger charge is 2.15. The van der Waals surface area contributed by atoms with Gasteiger partial charge in [0.15, 0.2) is 0 Å². The summed E-state index contributed by atoms with van der Waals surface area (Å²) in [4.78, 5) is 37.2. The number of rotatable bonds is 4. The second kappa shape index (κ2) is 9.16. The summed E-state index contributed by atoms with van der Waals surface area (Å²) in [6.07, 6.45) is 0. The zero-order valence-electron chi connectivity index (χ0n) is 15.5. The lowest BCUT2D eigenvalue weighted by molar-refractivity contribution is 0.0847. The molecule has 0 fully saturated rings. The summed E-state index contributed by atoms with van der Waals surface area (Å²) < 4.78 is 0.859. The molecular weight excluding hydrogens is 434 g/mol. The largest absolute Gasteiger partial charge is 0.321 e.